The van der Waals surface area contributed by atoms with Crippen LogP contribution in [0, 0.1) is 0 Å². The molecule has 89 heavy (non-hydrogen) atoms. The van der Waals surface area contributed by atoms with Crippen LogP contribution in [-0.2, 0) is 76.5 Å². The molecule has 13 nitrogen and oxygen atoms in total. The molecular weight excluding hydrogens is 1120 g/mol. The van der Waals surface area contributed by atoms with Gasteiger partial charge in [-0.15, -0.1) is 0 Å². The van der Waals surface area contributed by atoms with E-state index in [1.807, 2.05) is 243 Å². The van der Waals surface area contributed by atoms with E-state index >= 15 is 4.79 Å². The Kier molecular flexibility index (Phi) is 21.4. The molecule has 1 heterocycles. The number of rotatable bonds is 29. The van der Waals surface area contributed by atoms with E-state index < -0.39 is 36.4 Å². The number of benzene rings is 10. The number of ether oxygens (including phenoxy) is 11. The zero-order valence-electron chi connectivity index (χ0n) is 49.1. The fourth-order valence-corrected chi connectivity index (χ4v) is 9.94. The van der Waals surface area contributed by atoms with Gasteiger partial charge < -0.3 is 52.1 Å². The van der Waals surface area contributed by atoms with Gasteiger partial charge in [-0.25, -0.2) is 9.59 Å². The van der Waals surface area contributed by atoms with E-state index in [1.165, 1.54) is 0 Å². The first-order chi connectivity index (χ1) is 43.9. The predicted octanol–water partition coefficient (Wildman–Crippen LogP) is 15.1. The topological polar surface area (TPSA) is 136 Å². The van der Waals surface area contributed by atoms with Crippen LogP contribution in [0.2, 0.25) is 0 Å². The maximum Gasteiger partial charge on any atom is 0.338 e. The second kappa shape index (κ2) is 31.5. The fraction of sp³-hybridized carbons (Fsp3) is 0.184. The summed E-state index contributed by atoms with van der Waals surface area (Å²) in [5, 5.41) is 0. The van der Waals surface area contributed by atoms with Crippen LogP contribution in [0.5, 0.6) is 34.5 Å². The van der Waals surface area contributed by atoms with Crippen molar-refractivity contribution in [2.45, 2.75) is 77.3 Å². The van der Waals surface area contributed by atoms with Crippen molar-refractivity contribution in [3.63, 3.8) is 0 Å². The zero-order valence-corrected chi connectivity index (χ0v) is 49.1. The summed E-state index contributed by atoms with van der Waals surface area (Å²) >= 11 is 0. The van der Waals surface area contributed by atoms with Crippen molar-refractivity contribution >= 4 is 11.9 Å². The molecule has 0 N–H and O–H groups in total. The lowest BCUT2D eigenvalue weighted by Gasteiger charge is -2.41. The van der Waals surface area contributed by atoms with Crippen molar-refractivity contribution in [1.29, 1.82) is 0 Å². The van der Waals surface area contributed by atoms with Crippen molar-refractivity contribution in [3.8, 4) is 34.5 Å². The van der Waals surface area contributed by atoms with Crippen LogP contribution < -0.4 is 28.4 Å². The molecule has 1 fully saturated rings. The normalized spacial score (nSPS) is 15.2. The number of hydrogen-bond donors (Lipinski definition) is 0. The molecule has 0 unspecified atom stereocenters. The van der Waals surface area contributed by atoms with Gasteiger partial charge in [-0.1, -0.05) is 243 Å². The Hall–Kier alpha value is -10.2. The summed E-state index contributed by atoms with van der Waals surface area (Å²) in [4.78, 5) is 30.2. The van der Waals surface area contributed by atoms with Gasteiger partial charge in [-0.2, -0.15) is 0 Å². The summed E-state index contributed by atoms with van der Waals surface area (Å²) in [6.07, 6.45) is -4.07. The van der Waals surface area contributed by atoms with Crippen LogP contribution in [0.1, 0.15) is 65.2 Å². The lowest BCUT2D eigenvalue weighted by Crippen LogP contribution is -2.58. The van der Waals surface area contributed by atoms with E-state index in [0.717, 1.165) is 44.5 Å². The molecule has 1 aliphatic heterocycles. The smallest absolute Gasteiger partial charge is 0.338 e. The molecule has 0 amide bonds. The van der Waals surface area contributed by atoms with E-state index in [9.17, 15) is 4.79 Å². The first-order valence-corrected chi connectivity index (χ1v) is 29.6. The summed E-state index contributed by atoms with van der Waals surface area (Å²) in [7, 11) is 0. The highest BCUT2D eigenvalue weighted by Gasteiger charge is 2.46. The molecule has 0 spiro atoms. The number of carbonyl (C=O) groups is 2. The Labute approximate surface area is 518 Å². The Morgan fingerprint density at radius 2 is 0.607 bits per heavy atom. The summed E-state index contributed by atoms with van der Waals surface area (Å²) in [5.41, 5.74) is 7.35. The van der Waals surface area contributed by atoms with Crippen molar-refractivity contribution < 1.29 is 61.7 Å². The second-order valence-corrected chi connectivity index (χ2v) is 21.2. The van der Waals surface area contributed by atoms with Crippen LogP contribution in [0.15, 0.2) is 267 Å². The third-order valence-corrected chi connectivity index (χ3v) is 14.7. The predicted molar refractivity (Wildman–Crippen MR) is 337 cm³/mol. The standard InChI is InChI=1S/C76H68O13/c77-75(63-41-65(79-45-55-25-9-1-10-26-55)71(85-50-60-35-19-6-20-36-60)66(42-63)80-46-56-27-11-2-12-28-56)88-54-70-74(73(87-52-62-39-23-8-24-40-62)69(53-84-70)83-49-59-33-17-5-18-34-59)89-76(78)64-43-67(81-47-57-29-13-3-14-30-57)72(86-51-61-37-21-7-22-38-61)68(44-64)82-48-58-31-15-4-16-32-58/h1-44,69-70,73-74H,45-54H2/t69-,70+,73+,74+/m0/s1. The summed E-state index contributed by atoms with van der Waals surface area (Å²) < 4.78 is 72.4. The Bertz CT molecular complexity index is 3640. The van der Waals surface area contributed by atoms with Gasteiger partial charge in [0.2, 0.25) is 11.5 Å². The van der Waals surface area contributed by atoms with E-state index in [-0.39, 0.29) is 100 Å². The Morgan fingerprint density at radius 1 is 0.326 bits per heavy atom. The quantitative estimate of drug-likeness (QED) is 0.0412. The van der Waals surface area contributed by atoms with Crippen molar-refractivity contribution in [1.82, 2.24) is 0 Å². The van der Waals surface area contributed by atoms with Crippen LogP contribution in [0.3, 0.4) is 0 Å². The number of esters is 2. The molecule has 1 saturated heterocycles. The third-order valence-electron chi connectivity index (χ3n) is 14.7. The largest absolute Gasteiger partial charge is 0.485 e. The minimum absolute atomic E-state index is 0.00659. The molecule has 450 valence electrons. The lowest BCUT2D eigenvalue weighted by molar-refractivity contribution is -0.228. The molecule has 11 rings (SSSR count). The number of hydrogen-bond acceptors (Lipinski definition) is 13. The molecule has 13 heteroatoms. The van der Waals surface area contributed by atoms with Crippen LogP contribution in [-0.4, -0.2) is 49.6 Å². The molecule has 4 atom stereocenters. The van der Waals surface area contributed by atoms with Crippen molar-refractivity contribution in [3.05, 3.63) is 323 Å². The third kappa shape index (κ3) is 17.5. The highest BCUT2D eigenvalue weighted by atomic mass is 16.6. The van der Waals surface area contributed by atoms with Gasteiger partial charge in [-0.05, 0) is 68.8 Å². The van der Waals surface area contributed by atoms with Crippen LogP contribution in [0.4, 0.5) is 0 Å². The van der Waals surface area contributed by atoms with E-state index in [2.05, 4.69) is 0 Å². The molecule has 0 saturated carbocycles. The van der Waals surface area contributed by atoms with Crippen LogP contribution in [0.25, 0.3) is 0 Å². The monoisotopic (exact) mass is 1190 g/mol. The molecule has 0 bridgehead atoms. The summed E-state index contributed by atoms with van der Waals surface area (Å²) in [5.74, 6) is 0.0735. The van der Waals surface area contributed by atoms with E-state index in [4.69, 9.17) is 52.1 Å². The highest BCUT2D eigenvalue weighted by molar-refractivity contribution is 5.92. The maximum absolute atomic E-state index is 15.4. The van der Waals surface area contributed by atoms with Gasteiger partial charge >= 0.3 is 11.9 Å². The minimum atomic E-state index is -1.24. The van der Waals surface area contributed by atoms with E-state index in [0.29, 0.717) is 11.5 Å². The minimum Gasteiger partial charge on any atom is -0.485 e. The zero-order chi connectivity index (χ0) is 60.7. The van der Waals surface area contributed by atoms with E-state index in [1.54, 1.807) is 24.3 Å². The average molecular weight is 1190 g/mol. The van der Waals surface area contributed by atoms with Crippen molar-refractivity contribution in [2.75, 3.05) is 13.2 Å². The summed E-state index contributed by atoms with van der Waals surface area (Å²) in [6.45, 7) is 0.889. The first kappa shape index (κ1) is 60.5. The molecule has 10 aromatic rings. The van der Waals surface area contributed by atoms with Gasteiger partial charge in [0.1, 0.15) is 64.6 Å². The lowest BCUT2D eigenvalue weighted by atomic mass is 9.99. The van der Waals surface area contributed by atoms with Gasteiger partial charge in [0.25, 0.3) is 0 Å². The van der Waals surface area contributed by atoms with Gasteiger partial charge in [0, 0.05) is 0 Å². The van der Waals surface area contributed by atoms with Gasteiger partial charge in [0.05, 0.1) is 30.9 Å². The van der Waals surface area contributed by atoms with Gasteiger partial charge in [-0.3, -0.25) is 0 Å². The molecule has 0 aliphatic carbocycles. The second-order valence-electron chi connectivity index (χ2n) is 21.2. The molecule has 0 aromatic heterocycles. The van der Waals surface area contributed by atoms with Gasteiger partial charge in [0.15, 0.2) is 29.1 Å². The fourth-order valence-electron chi connectivity index (χ4n) is 9.94. The molecule has 1 aliphatic rings. The Balaban J connectivity index is 0.939. The maximum atomic E-state index is 15.4. The van der Waals surface area contributed by atoms with Crippen molar-refractivity contribution in [2.24, 2.45) is 0 Å². The molecule has 10 aromatic carbocycles. The SMILES string of the molecule is O=C(OC[C@H]1OC[C@H](OCc2ccccc2)[C@@H](OCc2ccccc2)[C@@H]1OC(=O)c1cc(OCc2ccccc2)c(OCc2ccccc2)c(OCc2ccccc2)c1)c1cc(OCc2ccccc2)c(OCc2ccccc2)c(OCc2ccccc2)c1. The first-order valence-electron chi connectivity index (χ1n) is 29.6. The summed E-state index contributed by atoms with van der Waals surface area (Å²) in [6, 6.07) is 84.0. The Morgan fingerprint density at radius 3 is 0.933 bits per heavy atom. The molecule has 0 radical (unpaired) electrons. The number of carbonyl (C=O) groups excluding carboxylic acids is 2. The average Bonchev–Trinajstić information content (AvgIpc) is 3.11. The molecular formula is C76H68O13. The van der Waals surface area contributed by atoms with Crippen LogP contribution >= 0.6 is 0 Å². The highest BCUT2D eigenvalue weighted by Crippen LogP contribution is 2.43.